The molecule has 0 fully saturated rings. The van der Waals surface area contributed by atoms with Gasteiger partial charge < -0.3 is 20.5 Å². The molecule has 0 atom stereocenters. The van der Waals surface area contributed by atoms with Crippen molar-refractivity contribution in [2.45, 2.75) is 45.7 Å². The Morgan fingerprint density at radius 3 is 2.54 bits per heavy atom. The summed E-state index contributed by atoms with van der Waals surface area (Å²) in [6, 6.07) is 8.49. The Labute approximate surface area is 235 Å². The van der Waals surface area contributed by atoms with Gasteiger partial charge in [0.15, 0.2) is 5.01 Å². The Morgan fingerprint density at radius 2 is 1.90 bits per heavy atom. The van der Waals surface area contributed by atoms with Gasteiger partial charge in [-0.3, -0.25) is 14.5 Å². The van der Waals surface area contributed by atoms with Crippen LogP contribution >= 0.6 is 23.7 Å². The van der Waals surface area contributed by atoms with Crippen LogP contribution in [0.15, 0.2) is 36.4 Å². The van der Waals surface area contributed by atoms with Crippen LogP contribution in [0.3, 0.4) is 0 Å². The summed E-state index contributed by atoms with van der Waals surface area (Å²) < 4.78 is 18.6. The van der Waals surface area contributed by atoms with Crippen LogP contribution in [-0.4, -0.2) is 52.5 Å². The number of rotatable bonds is 9. The van der Waals surface area contributed by atoms with Crippen molar-refractivity contribution in [2.75, 3.05) is 24.3 Å². The Balaban J connectivity index is 0.00000420. The molecular formula is C27H30ClFN4O5S. The monoisotopic (exact) mass is 576 g/mol. The van der Waals surface area contributed by atoms with E-state index in [0.29, 0.717) is 22.3 Å². The largest absolute Gasteiger partial charge is 0.496 e. The molecular weight excluding hydrogens is 547 g/mol. The molecule has 2 heterocycles. The van der Waals surface area contributed by atoms with Gasteiger partial charge in [0.1, 0.15) is 11.6 Å². The number of fused-ring (bicyclic) bond motifs is 1. The number of hydrogen-bond donors (Lipinski definition) is 3. The summed E-state index contributed by atoms with van der Waals surface area (Å²) in [6.45, 7) is 5.86. The van der Waals surface area contributed by atoms with E-state index in [0.717, 1.165) is 30.1 Å². The second-order valence-corrected chi connectivity index (χ2v) is 10.3. The van der Waals surface area contributed by atoms with Crippen molar-refractivity contribution in [3.63, 3.8) is 0 Å². The summed E-state index contributed by atoms with van der Waals surface area (Å²) in [6.07, 6.45) is 0.928. The lowest BCUT2D eigenvalue weighted by molar-refractivity contribution is -0.116. The average Bonchev–Trinajstić information content (AvgIpc) is 3.32. The van der Waals surface area contributed by atoms with E-state index in [1.54, 1.807) is 0 Å². The number of amides is 2. The maximum Gasteiger partial charge on any atom is 0.335 e. The summed E-state index contributed by atoms with van der Waals surface area (Å²) in [4.78, 5) is 45.4. The summed E-state index contributed by atoms with van der Waals surface area (Å²) in [5.41, 5.74) is 2.00. The van der Waals surface area contributed by atoms with Crippen LogP contribution < -0.4 is 15.4 Å². The minimum absolute atomic E-state index is 0. The van der Waals surface area contributed by atoms with Crippen LogP contribution in [0.1, 0.15) is 56.6 Å². The van der Waals surface area contributed by atoms with Crippen molar-refractivity contribution >= 4 is 52.9 Å². The van der Waals surface area contributed by atoms with E-state index in [4.69, 9.17) is 4.74 Å². The molecule has 3 aromatic rings. The predicted octanol–water partition coefficient (Wildman–Crippen LogP) is 5.00. The minimum Gasteiger partial charge on any atom is -0.496 e. The third-order valence-electron chi connectivity index (χ3n) is 6.34. The van der Waals surface area contributed by atoms with Gasteiger partial charge in [-0.25, -0.2) is 14.2 Å². The first kappa shape index (κ1) is 30.0. The minimum atomic E-state index is -1.18. The third-order valence-corrected chi connectivity index (χ3v) is 7.42. The van der Waals surface area contributed by atoms with Gasteiger partial charge in [-0.1, -0.05) is 0 Å². The summed E-state index contributed by atoms with van der Waals surface area (Å²) in [5.74, 6) is -2.15. The SMILES string of the molecule is COc1cc(C(=O)O)cc(NC(=O)c2nc3c(s2)CN(C(C)C)CC3)c1CCC(=O)Nc1ccc(F)cc1.Cl. The van der Waals surface area contributed by atoms with Gasteiger partial charge in [0.2, 0.25) is 5.91 Å². The zero-order chi connectivity index (χ0) is 27.4. The Morgan fingerprint density at radius 1 is 1.18 bits per heavy atom. The van der Waals surface area contributed by atoms with Gasteiger partial charge in [0.05, 0.1) is 18.4 Å². The van der Waals surface area contributed by atoms with Crippen LogP contribution in [-0.2, 0) is 24.2 Å². The fourth-order valence-electron chi connectivity index (χ4n) is 4.24. The van der Waals surface area contributed by atoms with Crippen molar-refractivity contribution < 1.29 is 28.6 Å². The molecule has 2 amide bonds. The van der Waals surface area contributed by atoms with Gasteiger partial charge >= 0.3 is 5.97 Å². The highest BCUT2D eigenvalue weighted by Crippen LogP contribution is 2.32. The number of hydrogen-bond acceptors (Lipinski definition) is 7. The quantitative estimate of drug-likeness (QED) is 0.328. The average molecular weight is 577 g/mol. The number of nitrogens with one attached hydrogen (secondary N) is 2. The summed E-state index contributed by atoms with van der Waals surface area (Å²) in [7, 11) is 1.39. The first-order chi connectivity index (χ1) is 18.1. The molecule has 39 heavy (non-hydrogen) atoms. The summed E-state index contributed by atoms with van der Waals surface area (Å²) >= 11 is 1.33. The molecule has 0 radical (unpaired) electrons. The van der Waals surface area contributed by atoms with E-state index in [1.165, 1.54) is 54.8 Å². The highest BCUT2D eigenvalue weighted by atomic mass is 35.5. The van der Waals surface area contributed by atoms with E-state index in [9.17, 15) is 23.9 Å². The molecule has 1 aliphatic heterocycles. The van der Waals surface area contributed by atoms with Crippen molar-refractivity contribution in [3.8, 4) is 5.75 Å². The lowest BCUT2D eigenvalue weighted by atomic mass is 10.0. The van der Waals surface area contributed by atoms with E-state index in [2.05, 4.69) is 34.4 Å². The first-order valence-corrected chi connectivity index (χ1v) is 13.0. The highest BCUT2D eigenvalue weighted by molar-refractivity contribution is 7.13. The molecule has 0 unspecified atom stereocenters. The van der Waals surface area contributed by atoms with Gasteiger partial charge in [-0.05, 0) is 56.7 Å². The number of carboxylic acids is 1. The number of aromatic nitrogens is 1. The van der Waals surface area contributed by atoms with Gasteiger partial charge in [0.25, 0.3) is 5.91 Å². The fraction of sp³-hybridized carbons (Fsp3) is 0.333. The normalized spacial score (nSPS) is 12.8. The second-order valence-electron chi connectivity index (χ2n) is 9.22. The van der Waals surface area contributed by atoms with Gasteiger partial charge in [0, 0.05) is 53.8 Å². The van der Waals surface area contributed by atoms with E-state index in [-0.39, 0.29) is 48.2 Å². The zero-order valence-electron chi connectivity index (χ0n) is 21.7. The topological polar surface area (TPSA) is 121 Å². The first-order valence-electron chi connectivity index (χ1n) is 12.2. The van der Waals surface area contributed by atoms with Crippen molar-refractivity contribution in [2.24, 2.45) is 0 Å². The highest BCUT2D eigenvalue weighted by Gasteiger charge is 2.25. The molecule has 12 heteroatoms. The number of carboxylic acid groups (broad SMARTS) is 1. The predicted molar refractivity (Wildman–Crippen MR) is 150 cm³/mol. The van der Waals surface area contributed by atoms with Crippen LogP contribution in [0.2, 0.25) is 0 Å². The van der Waals surface area contributed by atoms with E-state index in [1.807, 2.05) is 0 Å². The number of anilines is 2. The van der Waals surface area contributed by atoms with E-state index >= 15 is 0 Å². The molecule has 1 aliphatic rings. The molecule has 0 bridgehead atoms. The number of carbonyl (C=O) groups is 3. The number of methoxy groups -OCH3 is 1. The Bertz CT molecular complexity index is 1360. The molecule has 9 nitrogen and oxygen atoms in total. The fourth-order valence-corrected chi connectivity index (χ4v) is 5.27. The molecule has 208 valence electrons. The zero-order valence-corrected chi connectivity index (χ0v) is 23.4. The number of aromatic carboxylic acids is 1. The maximum atomic E-state index is 13.2. The molecule has 0 aliphatic carbocycles. The van der Waals surface area contributed by atoms with Crippen LogP contribution in [0, 0.1) is 5.82 Å². The second kappa shape index (κ2) is 13.0. The molecule has 0 spiro atoms. The summed E-state index contributed by atoms with van der Waals surface area (Å²) in [5, 5.41) is 15.4. The molecule has 0 saturated heterocycles. The smallest absolute Gasteiger partial charge is 0.335 e. The third kappa shape index (κ3) is 7.31. The van der Waals surface area contributed by atoms with E-state index < -0.39 is 17.7 Å². The molecule has 3 N–H and O–H groups in total. The molecule has 1 aromatic heterocycles. The van der Waals surface area contributed by atoms with Crippen molar-refractivity contribution in [1.82, 2.24) is 9.88 Å². The van der Waals surface area contributed by atoms with Crippen LogP contribution in [0.5, 0.6) is 5.75 Å². The van der Waals surface area contributed by atoms with Crippen molar-refractivity contribution in [3.05, 3.63) is 68.9 Å². The number of thiazole rings is 1. The number of ether oxygens (including phenoxy) is 1. The lowest BCUT2D eigenvalue weighted by Gasteiger charge is -2.29. The van der Waals surface area contributed by atoms with Crippen LogP contribution in [0.4, 0.5) is 15.8 Å². The molecule has 2 aromatic carbocycles. The standard InChI is InChI=1S/C27H29FN4O5S.ClH/c1-15(2)32-11-10-20-23(14-32)38-26(31-20)25(34)30-21-12-16(27(35)36)13-22(37-3)19(21)8-9-24(33)29-18-6-4-17(28)5-7-18;/h4-7,12-13,15H,8-11,14H2,1-3H3,(H,29,33)(H,30,34)(H,35,36);1H. The lowest BCUT2D eigenvalue weighted by Crippen LogP contribution is -2.35. The van der Waals surface area contributed by atoms with Crippen LogP contribution in [0.25, 0.3) is 0 Å². The number of nitrogens with zero attached hydrogens (tertiary/aromatic N) is 2. The van der Waals surface area contributed by atoms with Crippen molar-refractivity contribution in [1.29, 1.82) is 0 Å². The Kier molecular flexibility index (Phi) is 10.0. The number of carbonyl (C=O) groups excluding carboxylic acids is 2. The number of halogens is 2. The van der Waals surface area contributed by atoms with Gasteiger partial charge in [-0.2, -0.15) is 0 Å². The molecule has 4 rings (SSSR count). The molecule has 0 saturated carbocycles. The van der Waals surface area contributed by atoms with Gasteiger partial charge in [-0.15, -0.1) is 23.7 Å². The Hall–Kier alpha value is -3.54. The number of benzene rings is 2. The maximum absolute atomic E-state index is 13.2.